The zero-order chi connectivity index (χ0) is 17.4. The molecular weight excluding hydrogens is 368 g/mol. The monoisotopic (exact) mass is 386 g/mol. The highest BCUT2D eigenvalue weighted by atomic mass is 32.1. The number of piperidine rings is 1. The van der Waals surface area contributed by atoms with Gasteiger partial charge in [-0.15, -0.1) is 22.7 Å². The van der Waals surface area contributed by atoms with Gasteiger partial charge in [0, 0.05) is 54.1 Å². The van der Waals surface area contributed by atoms with Gasteiger partial charge in [-0.3, -0.25) is 0 Å². The Labute approximate surface area is 159 Å². The van der Waals surface area contributed by atoms with Crippen LogP contribution in [0.3, 0.4) is 0 Å². The minimum atomic E-state index is -0.383. The third kappa shape index (κ3) is 2.92. The molecule has 26 heavy (non-hydrogen) atoms. The molecule has 5 heterocycles. The molecule has 3 aromatic rings. The highest BCUT2D eigenvalue weighted by Crippen LogP contribution is 2.36. The molecule has 0 unspecified atom stereocenters. The van der Waals surface area contributed by atoms with Crippen molar-refractivity contribution in [3.63, 3.8) is 0 Å². The average molecular weight is 387 g/mol. The predicted octanol–water partition coefficient (Wildman–Crippen LogP) is 3.67. The Bertz CT molecular complexity index is 867. The zero-order valence-corrected chi connectivity index (χ0v) is 15.8. The van der Waals surface area contributed by atoms with Crippen LogP contribution in [-0.4, -0.2) is 47.0 Å². The Morgan fingerprint density at radius 2 is 1.88 bits per heavy atom. The minimum absolute atomic E-state index is 0.383. The Hall–Kier alpha value is -1.87. The van der Waals surface area contributed by atoms with Crippen LogP contribution in [-0.2, 0) is 9.47 Å². The van der Waals surface area contributed by atoms with Gasteiger partial charge in [-0.25, -0.2) is 15.0 Å². The molecule has 0 amide bonds. The topological polar surface area (TPSA) is 60.4 Å². The first-order valence-corrected chi connectivity index (χ1v) is 10.4. The molecule has 0 saturated carbocycles. The van der Waals surface area contributed by atoms with Gasteiger partial charge in [0.2, 0.25) is 5.95 Å². The van der Waals surface area contributed by atoms with Crippen LogP contribution in [0.2, 0.25) is 0 Å². The predicted molar refractivity (Wildman–Crippen MR) is 103 cm³/mol. The van der Waals surface area contributed by atoms with Gasteiger partial charge < -0.3 is 14.4 Å². The maximum Gasteiger partial charge on any atom is 0.225 e. The normalized spacial score (nSPS) is 19.3. The number of nitrogens with zero attached hydrogens (tertiary/aromatic N) is 4. The Balaban J connectivity index is 1.46. The third-order valence-electron chi connectivity index (χ3n) is 4.82. The summed E-state index contributed by atoms with van der Waals surface area (Å²) in [6, 6.07) is 4.14. The van der Waals surface area contributed by atoms with Crippen molar-refractivity contribution in [1.82, 2.24) is 15.0 Å². The molecule has 0 aliphatic carbocycles. The van der Waals surface area contributed by atoms with Crippen molar-refractivity contribution in [3.8, 4) is 21.1 Å². The molecule has 5 rings (SSSR count). The minimum Gasteiger partial charge on any atom is -0.347 e. The van der Waals surface area contributed by atoms with Crippen LogP contribution in [0.1, 0.15) is 12.8 Å². The number of aromatic nitrogens is 3. The number of ether oxygens (including phenoxy) is 2. The van der Waals surface area contributed by atoms with Gasteiger partial charge in [0.15, 0.2) is 5.79 Å². The van der Waals surface area contributed by atoms with Gasteiger partial charge >= 0.3 is 0 Å². The van der Waals surface area contributed by atoms with E-state index >= 15 is 0 Å². The zero-order valence-electron chi connectivity index (χ0n) is 14.1. The van der Waals surface area contributed by atoms with Crippen molar-refractivity contribution in [1.29, 1.82) is 0 Å². The lowest BCUT2D eigenvalue weighted by Gasteiger charge is -2.37. The van der Waals surface area contributed by atoms with Gasteiger partial charge in [0.25, 0.3) is 0 Å². The molecule has 0 atom stereocenters. The lowest BCUT2D eigenvalue weighted by molar-refractivity contribution is -0.169. The smallest absolute Gasteiger partial charge is 0.225 e. The van der Waals surface area contributed by atoms with E-state index in [1.807, 2.05) is 23.8 Å². The molecule has 2 saturated heterocycles. The number of hydrogen-bond acceptors (Lipinski definition) is 8. The maximum atomic E-state index is 5.82. The molecule has 2 fully saturated rings. The number of rotatable bonds is 3. The summed E-state index contributed by atoms with van der Waals surface area (Å²) in [5.74, 6) is 0.370. The van der Waals surface area contributed by atoms with Crippen molar-refractivity contribution in [2.24, 2.45) is 0 Å². The number of thiazole rings is 1. The van der Waals surface area contributed by atoms with E-state index in [4.69, 9.17) is 14.5 Å². The van der Waals surface area contributed by atoms with E-state index in [1.54, 1.807) is 22.7 Å². The Morgan fingerprint density at radius 3 is 2.58 bits per heavy atom. The van der Waals surface area contributed by atoms with E-state index < -0.39 is 0 Å². The van der Waals surface area contributed by atoms with E-state index in [1.165, 1.54) is 0 Å². The quantitative estimate of drug-likeness (QED) is 0.684. The fraction of sp³-hybridized carbons (Fsp3) is 0.389. The Morgan fingerprint density at radius 1 is 1.04 bits per heavy atom. The van der Waals surface area contributed by atoms with Gasteiger partial charge in [0.1, 0.15) is 10.7 Å². The van der Waals surface area contributed by atoms with E-state index in [0.717, 1.165) is 53.0 Å². The fourth-order valence-electron chi connectivity index (χ4n) is 3.47. The lowest BCUT2D eigenvalue weighted by Crippen LogP contribution is -2.45. The molecule has 2 aliphatic rings. The summed E-state index contributed by atoms with van der Waals surface area (Å²) < 4.78 is 11.6. The SMILES string of the molecule is c1csc(-c2cnc(N3CCC4(CC3)OCCO4)nc2-c2nccs2)c1. The third-order valence-corrected chi connectivity index (χ3v) is 6.50. The standard InChI is InChI=1S/C18H18N4O2S2/c1-2-14(25-10-1)13-12-20-17(21-15(13)16-19-5-11-26-16)22-6-3-18(4-7-22)23-8-9-24-18/h1-2,5,10-12H,3-4,6-9H2. The summed E-state index contributed by atoms with van der Waals surface area (Å²) >= 11 is 3.29. The summed E-state index contributed by atoms with van der Waals surface area (Å²) in [7, 11) is 0. The van der Waals surface area contributed by atoms with Crippen LogP contribution >= 0.6 is 22.7 Å². The Kier molecular flexibility index (Phi) is 4.20. The van der Waals surface area contributed by atoms with Crippen LogP contribution in [0, 0.1) is 0 Å². The first-order chi connectivity index (χ1) is 12.8. The van der Waals surface area contributed by atoms with Gasteiger partial charge in [0.05, 0.1) is 13.2 Å². The van der Waals surface area contributed by atoms with Gasteiger partial charge in [-0.2, -0.15) is 0 Å². The number of anilines is 1. The summed E-state index contributed by atoms with van der Waals surface area (Å²) in [4.78, 5) is 17.4. The van der Waals surface area contributed by atoms with Gasteiger partial charge in [-0.05, 0) is 11.4 Å². The van der Waals surface area contributed by atoms with Crippen molar-refractivity contribution < 1.29 is 9.47 Å². The molecule has 0 bridgehead atoms. The molecule has 1 spiro atoms. The maximum absolute atomic E-state index is 5.82. The molecule has 2 aliphatic heterocycles. The summed E-state index contributed by atoms with van der Waals surface area (Å²) in [6.45, 7) is 3.05. The second kappa shape index (κ2) is 6.70. The molecule has 6 nitrogen and oxygen atoms in total. The van der Waals surface area contributed by atoms with Gasteiger partial charge in [-0.1, -0.05) is 6.07 Å². The highest BCUT2D eigenvalue weighted by Gasteiger charge is 2.40. The van der Waals surface area contributed by atoms with Crippen molar-refractivity contribution in [2.45, 2.75) is 18.6 Å². The molecule has 134 valence electrons. The molecule has 8 heteroatoms. The second-order valence-electron chi connectivity index (χ2n) is 6.34. The van der Waals surface area contributed by atoms with E-state index in [2.05, 4.69) is 26.3 Å². The first kappa shape index (κ1) is 16.3. The summed E-state index contributed by atoms with van der Waals surface area (Å²) in [6.07, 6.45) is 5.43. The highest BCUT2D eigenvalue weighted by molar-refractivity contribution is 7.14. The number of hydrogen-bond donors (Lipinski definition) is 0. The lowest BCUT2D eigenvalue weighted by atomic mass is 10.0. The summed E-state index contributed by atoms with van der Waals surface area (Å²) in [5.41, 5.74) is 1.94. The van der Waals surface area contributed by atoms with E-state index in [0.29, 0.717) is 13.2 Å². The average Bonchev–Trinajstić information content (AvgIpc) is 3.45. The second-order valence-corrected chi connectivity index (χ2v) is 8.18. The summed E-state index contributed by atoms with van der Waals surface area (Å²) in [5, 5.41) is 4.97. The first-order valence-electron chi connectivity index (χ1n) is 8.67. The molecule has 0 radical (unpaired) electrons. The van der Waals surface area contributed by atoms with E-state index in [9.17, 15) is 0 Å². The largest absolute Gasteiger partial charge is 0.347 e. The van der Waals surface area contributed by atoms with Crippen LogP contribution in [0.25, 0.3) is 21.1 Å². The molecule has 3 aromatic heterocycles. The van der Waals surface area contributed by atoms with Crippen LogP contribution in [0.4, 0.5) is 5.95 Å². The molecule has 0 aromatic carbocycles. The van der Waals surface area contributed by atoms with Crippen molar-refractivity contribution in [2.75, 3.05) is 31.2 Å². The van der Waals surface area contributed by atoms with Crippen LogP contribution in [0.5, 0.6) is 0 Å². The number of thiophene rings is 1. The van der Waals surface area contributed by atoms with Crippen molar-refractivity contribution >= 4 is 28.6 Å². The van der Waals surface area contributed by atoms with Crippen LogP contribution in [0.15, 0.2) is 35.3 Å². The molecule has 0 N–H and O–H groups in total. The van der Waals surface area contributed by atoms with E-state index in [-0.39, 0.29) is 5.79 Å². The van der Waals surface area contributed by atoms with Crippen molar-refractivity contribution in [3.05, 3.63) is 35.3 Å². The fourth-order valence-corrected chi connectivity index (χ4v) is 4.85. The molecular formula is C18H18N4O2S2. The van der Waals surface area contributed by atoms with Crippen LogP contribution < -0.4 is 4.90 Å².